The summed E-state index contributed by atoms with van der Waals surface area (Å²) in [6, 6.07) is 15.3. The highest BCUT2D eigenvalue weighted by molar-refractivity contribution is 5.64. The van der Waals surface area contributed by atoms with Gasteiger partial charge in [-0.1, -0.05) is 25.1 Å². The van der Waals surface area contributed by atoms with E-state index in [9.17, 15) is 10.2 Å². The van der Waals surface area contributed by atoms with Gasteiger partial charge in [0.25, 0.3) is 0 Å². The molecule has 0 radical (unpaired) electrons. The Morgan fingerprint density at radius 2 is 1.74 bits per heavy atom. The predicted molar refractivity (Wildman–Crippen MR) is 78.0 cm³/mol. The van der Waals surface area contributed by atoms with Crippen molar-refractivity contribution in [2.24, 2.45) is 0 Å². The lowest BCUT2D eigenvalue weighted by atomic mass is 10.1. The van der Waals surface area contributed by atoms with Crippen LogP contribution in [0.1, 0.15) is 12.5 Å². The first-order valence-corrected chi connectivity index (χ1v) is 6.51. The number of phenols is 1. The molecule has 0 fully saturated rings. The van der Waals surface area contributed by atoms with Gasteiger partial charge < -0.3 is 15.1 Å². The third kappa shape index (κ3) is 3.26. The maximum absolute atomic E-state index is 9.57. The second-order valence-corrected chi connectivity index (χ2v) is 4.42. The Balaban J connectivity index is 2.33. The van der Waals surface area contributed by atoms with E-state index in [1.54, 1.807) is 18.2 Å². The van der Waals surface area contributed by atoms with Gasteiger partial charge in [0.2, 0.25) is 0 Å². The van der Waals surface area contributed by atoms with Gasteiger partial charge >= 0.3 is 0 Å². The van der Waals surface area contributed by atoms with Crippen LogP contribution in [0.3, 0.4) is 0 Å². The summed E-state index contributed by atoms with van der Waals surface area (Å²) in [5.41, 5.74) is 3.17. The van der Waals surface area contributed by atoms with Crippen LogP contribution in [0.2, 0.25) is 0 Å². The zero-order valence-electron chi connectivity index (χ0n) is 11.1. The third-order valence-electron chi connectivity index (χ3n) is 3.12. The largest absolute Gasteiger partial charge is 0.508 e. The molecule has 19 heavy (non-hydrogen) atoms. The number of aryl methyl sites for hydroxylation is 1. The van der Waals surface area contributed by atoms with Gasteiger partial charge in [-0.3, -0.25) is 0 Å². The second-order valence-electron chi connectivity index (χ2n) is 4.42. The Morgan fingerprint density at radius 3 is 2.32 bits per heavy atom. The Hall–Kier alpha value is -2.00. The van der Waals surface area contributed by atoms with Crippen LogP contribution in [0.5, 0.6) is 5.75 Å². The van der Waals surface area contributed by atoms with Gasteiger partial charge in [-0.15, -0.1) is 0 Å². The van der Waals surface area contributed by atoms with Crippen LogP contribution in [-0.4, -0.2) is 23.4 Å². The highest BCUT2D eigenvalue weighted by Crippen LogP contribution is 2.27. The fraction of sp³-hybridized carbons (Fsp3) is 0.250. The van der Waals surface area contributed by atoms with E-state index in [4.69, 9.17) is 0 Å². The fourth-order valence-corrected chi connectivity index (χ4v) is 2.08. The fourth-order valence-electron chi connectivity index (χ4n) is 2.08. The van der Waals surface area contributed by atoms with Gasteiger partial charge in [-0.25, -0.2) is 0 Å². The predicted octanol–water partition coefficient (Wildman–Crippen LogP) is 3.09. The van der Waals surface area contributed by atoms with Crippen molar-refractivity contribution in [3.05, 3.63) is 54.1 Å². The summed E-state index contributed by atoms with van der Waals surface area (Å²) in [6.45, 7) is 2.68. The molecule has 2 N–H and O–H groups in total. The summed E-state index contributed by atoms with van der Waals surface area (Å²) in [4.78, 5) is 1.99. The van der Waals surface area contributed by atoms with Crippen LogP contribution in [0.15, 0.2) is 48.5 Å². The zero-order chi connectivity index (χ0) is 13.7. The number of anilines is 2. The minimum atomic E-state index is 0.0607. The molecule has 0 saturated carbocycles. The summed E-state index contributed by atoms with van der Waals surface area (Å²) in [5, 5.41) is 18.8. The molecule has 3 nitrogen and oxygen atoms in total. The van der Waals surface area contributed by atoms with E-state index < -0.39 is 0 Å². The number of aliphatic hydroxyl groups is 1. The summed E-state index contributed by atoms with van der Waals surface area (Å²) in [6.07, 6.45) is 1.01. The Bertz CT molecular complexity index is 523. The number of benzene rings is 2. The lowest BCUT2D eigenvalue weighted by Crippen LogP contribution is -2.20. The molecular weight excluding hydrogens is 238 g/mol. The standard InChI is InChI=1S/C16H19NO2/c1-2-13-6-8-14(9-7-13)17(10-11-18)15-4-3-5-16(19)12-15/h3-9,12,18-19H,2,10-11H2,1H3. The monoisotopic (exact) mass is 257 g/mol. The first-order valence-electron chi connectivity index (χ1n) is 6.51. The third-order valence-corrected chi connectivity index (χ3v) is 3.12. The molecule has 0 aromatic heterocycles. The lowest BCUT2D eigenvalue weighted by Gasteiger charge is -2.24. The number of hydrogen-bond acceptors (Lipinski definition) is 3. The van der Waals surface area contributed by atoms with E-state index in [1.807, 2.05) is 23.1 Å². The summed E-state index contributed by atoms with van der Waals surface area (Å²) in [7, 11) is 0. The van der Waals surface area contributed by atoms with Crippen LogP contribution < -0.4 is 4.90 Å². The first-order chi connectivity index (χ1) is 9.24. The lowest BCUT2D eigenvalue weighted by molar-refractivity contribution is 0.305. The summed E-state index contributed by atoms with van der Waals surface area (Å²) in [5.74, 6) is 0.227. The van der Waals surface area contributed by atoms with Crippen molar-refractivity contribution in [1.29, 1.82) is 0 Å². The molecule has 0 atom stereocenters. The maximum atomic E-state index is 9.57. The Labute approximate surface area is 113 Å². The van der Waals surface area contributed by atoms with Crippen molar-refractivity contribution >= 4 is 11.4 Å². The van der Waals surface area contributed by atoms with Gasteiger partial charge in [0.15, 0.2) is 0 Å². The average Bonchev–Trinajstić information content (AvgIpc) is 2.45. The van der Waals surface area contributed by atoms with Crippen molar-refractivity contribution in [2.75, 3.05) is 18.1 Å². The van der Waals surface area contributed by atoms with E-state index in [0.29, 0.717) is 6.54 Å². The van der Waals surface area contributed by atoms with Gasteiger partial charge in [-0.2, -0.15) is 0 Å². The number of phenolic OH excluding ortho intramolecular Hbond substituents is 1. The molecular formula is C16H19NO2. The van der Waals surface area contributed by atoms with E-state index in [2.05, 4.69) is 19.1 Å². The minimum Gasteiger partial charge on any atom is -0.508 e. The van der Waals surface area contributed by atoms with Crippen molar-refractivity contribution in [2.45, 2.75) is 13.3 Å². The highest BCUT2D eigenvalue weighted by atomic mass is 16.3. The molecule has 100 valence electrons. The summed E-state index contributed by atoms with van der Waals surface area (Å²) >= 11 is 0. The molecule has 0 aliphatic heterocycles. The second kappa shape index (κ2) is 6.25. The molecule has 0 amide bonds. The molecule has 2 aromatic carbocycles. The number of aliphatic hydroxyl groups excluding tert-OH is 1. The number of hydrogen-bond donors (Lipinski definition) is 2. The Morgan fingerprint density at radius 1 is 1.00 bits per heavy atom. The molecule has 2 aromatic rings. The topological polar surface area (TPSA) is 43.7 Å². The van der Waals surface area contributed by atoms with Crippen molar-refractivity contribution in [3.63, 3.8) is 0 Å². The number of aromatic hydroxyl groups is 1. The van der Waals surface area contributed by atoms with Crippen molar-refractivity contribution < 1.29 is 10.2 Å². The molecule has 3 heteroatoms. The van der Waals surface area contributed by atoms with Crippen LogP contribution in [-0.2, 0) is 6.42 Å². The van der Waals surface area contributed by atoms with E-state index in [1.165, 1.54) is 5.56 Å². The molecule has 0 saturated heterocycles. The molecule has 0 aliphatic carbocycles. The molecule has 0 aliphatic rings. The van der Waals surface area contributed by atoms with Crippen LogP contribution in [0.25, 0.3) is 0 Å². The highest BCUT2D eigenvalue weighted by Gasteiger charge is 2.09. The normalized spacial score (nSPS) is 10.4. The smallest absolute Gasteiger partial charge is 0.117 e. The maximum Gasteiger partial charge on any atom is 0.117 e. The average molecular weight is 257 g/mol. The first kappa shape index (κ1) is 13.4. The SMILES string of the molecule is CCc1ccc(N(CCO)c2cccc(O)c2)cc1. The van der Waals surface area contributed by atoms with Gasteiger partial charge in [0.1, 0.15) is 5.75 Å². The van der Waals surface area contributed by atoms with Crippen LogP contribution in [0.4, 0.5) is 11.4 Å². The van der Waals surface area contributed by atoms with Crippen molar-refractivity contribution in [3.8, 4) is 5.75 Å². The quantitative estimate of drug-likeness (QED) is 0.865. The van der Waals surface area contributed by atoms with Gasteiger partial charge in [0.05, 0.1) is 6.61 Å². The van der Waals surface area contributed by atoms with Crippen LogP contribution in [0, 0.1) is 0 Å². The van der Waals surface area contributed by atoms with Crippen LogP contribution >= 0.6 is 0 Å². The van der Waals surface area contributed by atoms with Gasteiger partial charge in [-0.05, 0) is 36.2 Å². The Kier molecular flexibility index (Phi) is 4.42. The molecule has 2 rings (SSSR count). The zero-order valence-corrected chi connectivity index (χ0v) is 11.1. The molecule has 0 bridgehead atoms. The minimum absolute atomic E-state index is 0.0607. The van der Waals surface area contributed by atoms with Crippen molar-refractivity contribution in [1.82, 2.24) is 0 Å². The van der Waals surface area contributed by atoms with Gasteiger partial charge in [0, 0.05) is 24.0 Å². The van der Waals surface area contributed by atoms with E-state index in [0.717, 1.165) is 17.8 Å². The van der Waals surface area contributed by atoms with E-state index >= 15 is 0 Å². The van der Waals surface area contributed by atoms with E-state index in [-0.39, 0.29) is 12.4 Å². The molecule has 0 spiro atoms. The molecule has 0 unspecified atom stereocenters. The summed E-state index contributed by atoms with van der Waals surface area (Å²) < 4.78 is 0. The number of nitrogens with zero attached hydrogens (tertiary/aromatic N) is 1. The number of rotatable bonds is 5. The molecule has 0 heterocycles.